The average Bonchev–Trinajstić information content (AvgIpc) is 2.63. The molecule has 0 saturated carbocycles. The molecule has 0 aliphatic rings. The molecular weight excluding hydrogens is 321 g/mol. The first-order valence-electron chi connectivity index (χ1n) is 8.04. The quantitative estimate of drug-likeness (QED) is 0.253. The molecule has 1 aromatic carbocycles. The van der Waals surface area contributed by atoms with Gasteiger partial charge in [0.2, 0.25) is 5.96 Å². The van der Waals surface area contributed by atoms with Gasteiger partial charge in [0.25, 0.3) is 0 Å². The summed E-state index contributed by atoms with van der Waals surface area (Å²) < 4.78 is 18.8. The molecule has 1 aromatic heterocycles. The van der Waals surface area contributed by atoms with Crippen LogP contribution >= 0.6 is 0 Å². The number of hydrogen-bond acceptors (Lipinski definition) is 4. The second kappa shape index (κ2) is 10.6. The van der Waals surface area contributed by atoms with E-state index in [4.69, 9.17) is 10.00 Å². The molecule has 0 fully saturated rings. The molecule has 0 bridgehead atoms. The van der Waals surface area contributed by atoms with Crippen LogP contribution < -0.4 is 15.4 Å². The lowest BCUT2D eigenvalue weighted by Gasteiger charge is -2.09. The van der Waals surface area contributed by atoms with Gasteiger partial charge in [-0.25, -0.2) is 9.38 Å². The third-order valence-electron chi connectivity index (χ3n) is 3.27. The van der Waals surface area contributed by atoms with Crippen molar-refractivity contribution in [1.29, 1.82) is 5.26 Å². The summed E-state index contributed by atoms with van der Waals surface area (Å²) >= 11 is 0. The van der Waals surface area contributed by atoms with Crippen molar-refractivity contribution in [2.75, 3.05) is 13.2 Å². The van der Waals surface area contributed by atoms with E-state index < -0.39 is 0 Å². The number of unbranched alkanes of at least 4 members (excludes halogenated alkanes) is 2. The molecule has 0 amide bonds. The lowest BCUT2D eigenvalue weighted by molar-refractivity contribution is 0.291. The van der Waals surface area contributed by atoms with Crippen LogP contribution in [-0.4, -0.2) is 24.1 Å². The van der Waals surface area contributed by atoms with E-state index in [-0.39, 0.29) is 11.6 Å². The Morgan fingerprint density at radius 1 is 1.20 bits per heavy atom. The van der Waals surface area contributed by atoms with E-state index in [0.29, 0.717) is 24.8 Å². The van der Waals surface area contributed by atoms with E-state index in [1.807, 2.05) is 6.19 Å². The van der Waals surface area contributed by atoms with Crippen LogP contribution in [0, 0.1) is 17.3 Å². The van der Waals surface area contributed by atoms with Crippen molar-refractivity contribution in [3.05, 3.63) is 54.6 Å². The van der Waals surface area contributed by atoms with Crippen LogP contribution in [0.15, 0.2) is 53.8 Å². The van der Waals surface area contributed by atoms with Crippen molar-refractivity contribution in [2.24, 2.45) is 4.99 Å². The first-order chi connectivity index (χ1) is 12.3. The zero-order valence-corrected chi connectivity index (χ0v) is 13.8. The lowest BCUT2D eigenvalue weighted by Crippen LogP contribution is -2.34. The number of nitriles is 1. The fourth-order valence-electron chi connectivity index (χ4n) is 2.07. The number of ether oxygens (including phenoxy) is 1. The average molecular weight is 341 g/mol. The van der Waals surface area contributed by atoms with Crippen molar-refractivity contribution in [1.82, 2.24) is 15.6 Å². The van der Waals surface area contributed by atoms with Gasteiger partial charge in [0.1, 0.15) is 0 Å². The number of aromatic nitrogens is 1. The number of hydrogen-bond donors (Lipinski definition) is 2. The molecule has 7 heteroatoms. The number of nitrogens with zero attached hydrogens (tertiary/aromatic N) is 3. The van der Waals surface area contributed by atoms with Gasteiger partial charge >= 0.3 is 0 Å². The van der Waals surface area contributed by atoms with Gasteiger partial charge in [0, 0.05) is 12.7 Å². The third-order valence-corrected chi connectivity index (χ3v) is 3.27. The van der Waals surface area contributed by atoms with Gasteiger partial charge in [-0.05, 0) is 43.5 Å². The highest BCUT2D eigenvalue weighted by Gasteiger charge is 2.01. The molecule has 25 heavy (non-hydrogen) atoms. The van der Waals surface area contributed by atoms with E-state index in [2.05, 4.69) is 20.6 Å². The molecule has 0 saturated heterocycles. The molecule has 0 radical (unpaired) electrons. The standard InChI is InChI=1S/C18H20FN5O/c19-16-8-2-3-9-17(16)25-12-5-1-4-11-22-18(23-14-20)24-15-7-6-10-21-13-15/h2-3,6-10,13H,1,4-5,11-12H2,(H2,22,23,24). The Morgan fingerprint density at radius 2 is 2.08 bits per heavy atom. The van der Waals surface area contributed by atoms with Gasteiger partial charge in [-0.2, -0.15) is 5.26 Å². The summed E-state index contributed by atoms with van der Waals surface area (Å²) in [5, 5.41) is 14.4. The Labute approximate surface area is 146 Å². The predicted octanol–water partition coefficient (Wildman–Crippen LogP) is 3.12. The Kier molecular flexibility index (Phi) is 7.72. The molecule has 0 spiro atoms. The maximum Gasteiger partial charge on any atom is 0.209 e. The summed E-state index contributed by atoms with van der Waals surface area (Å²) in [6, 6.07) is 9.95. The van der Waals surface area contributed by atoms with Crippen LogP contribution in [0.3, 0.4) is 0 Å². The summed E-state index contributed by atoms with van der Waals surface area (Å²) in [6.45, 7) is 1.13. The molecule has 2 rings (SSSR count). The minimum absolute atomic E-state index is 0.282. The summed E-state index contributed by atoms with van der Waals surface area (Å²) in [5.41, 5.74) is 0.658. The van der Waals surface area contributed by atoms with Crippen molar-refractivity contribution in [2.45, 2.75) is 19.3 Å². The Bertz CT molecular complexity index is 715. The van der Waals surface area contributed by atoms with Crippen molar-refractivity contribution < 1.29 is 9.13 Å². The van der Waals surface area contributed by atoms with Crippen LogP contribution in [0.2, 0.25) is 0 Å². The van der Waals surface area contributed by atoms with Crippen molar-refractivity contribution >= 4 is 11.6 Å². The van der Waals surface area contributed by atoms with Crippen LogP contribution in [0.4, 0.5) is 10.1 Å². The molecule has 130 valence electrons. The molecular formula is C18H20FN5O. The van der Waals surface area contributed by atoms with E-state index in [0.717, 1.165) is 19.3 Å². The number of aliphatic imine (C=N–C) groups is 1. The predicted molar refractivity (Wildman–Crippen MR) is 93.8 cm³/mol. The van der Waals surface area contributed by atoms with E-state index in [1.54, 1.807) is 42.7 Å². The molecule has 6 nitrogen and oxygen atoms in total. The SMILES string of the molecule is N#CN/C(=N\c1cccnc1)NCCCCCOc1ccccc1F. The summed E-state index contributed by atoms with van der Waals surface area (Å²) in [7, 11) is 0. The van der Waals surface area contributed by atoms with E-state index >= 15 is 0 Å². The highest BCUT2D eigenvalue weighted by Crippen LogP contribution is 2.15. The highest BCUT2D eigenvalue weighted by atomic mass is 19.1. The number of rotatable bonds is 8. The molecule has 2 aromatic rings. The second-order valence-electron chi connectivity index (χ2n) is 5.17. The monoisotopic (exact) mass is 341 g/mol. The minimum Gasteiger partial charge on any atom is -0.491 e. The molecule has 1 heterocycles. The maximum absolute atomic E-state index is 13.4. The third kappa shape index (κ3) is 6.87. The van der Waals surface area contributed by atoms with Gasteiger partial charge in [0.15, 0.2) is 17.8 Å². The van der Waals surface area contributed by atoms with Gasteiger partial charge in [-0.3, -0.25) is 10.3 Å². The van der Waals surface area contributed by atoms with Crippen molar-refractivity contribution in [3.8, 4) is 11.9 Å². The van der Waals surface area contributed by atoms with Crippen LogP contribution in [0.1, 0.15) is 19.3 Å². The van der Waals surface area contributed by atoms with Crippen LogP contribution in [-0.2, 0) is 0 Å². The van der Waals surface area contributed by atoms with Crippen LogP contribution in [0.25, 0.3) is 0 Å². The Morgan fingerprint density at radius 3 is 2.84 bits per heavy atom. The molecule has 0 atom stereocenters. The van der Waals surface area contributed by atoms with E-state index in [1.165, 1.54) is 6.07 Å². The largest absolute Gasteiger partial charge is 0.491 e. The highest BCUT2D eigenvalue weighted by molar-refractivity contribution is 5.83. The smallest absolute Gasteiger partial charge is 0.209 e. The number of benzene rings is 1. The van der Waals surface area contributed by atoms with Crippen molar-refractivity contribution in [3.63, 3.8) is 0 Å². The van der Waals surface area contributed by atoms with Gasteiger partial charge < -0.3 is 10.1 Å². The fourth-order valence-corrected chi connectivity index (χ4v) is 2.07. The van der Waals surface area contributed by atoms with Gasteiger partial charge in [0.05, 0.1) is 18.5 Å². The second-order valence-corrected chi connectivity index (χ2v) is 5.17. The summed E-state index contributed by atoms with van der Waals surface area (Å²) in [6.07, 6.45) is 7.73. The molecule has 2 N–H and O–H groups in total. The maximum atomic E-state index is 13.4. The minimum atomic E-state index is -0.344. The fraction of sp³-hybridized carbons (Fsp3) is 0.278. The Hall–Kier alpha value is -3.14. The van der Waals surface area contributed by atoms with E-state index in [9.17, 15) is 4.39 Å². The first kappa shape index (κ1) is 18.2. The number of pyridine rings is 1. The molecule has 0 aliphatic carbocycles. The summed E-state index contributed by atoms with van der Waals surface area (Å²) in [4.78, 5) is 8.25. The number of halogens is 1. The van der Waals surface area contributed by atoms with Crippen LogP contribution in [0.5, 0.6) is 5.75 Å². The topological polar surface area (TPSA) is 82.3 Å². The zero-order chi connectivity index (χ0) is 17.7. The lowest BCUT2D eigenvalue weighted by atomic mass is 10.2. The number of para-hydroxylation sites is 1. The zero-order valence-electron chi connectivity index (χ0n) is 13.8. The number of guanidine groups is 1. The normalized spacial score (nSPS) is 10.8. The van der Waals surface area contributed by atoms with Gasteiger partial charge in [-0.1, -0.05) is 12.1 Å². The summed E-state index contributed by atoms with van der Waals surface area (Å²) in [5.74, 6) is 0.325. The number of nitrogens with one attached hydrogen (secondary N) is 2. The Balaban J connectivity index is 1.65. The van der Waals surface area contributed by atoms with Gasteiger partial charge in [-0.15, -0.1) is 0 Å². The first-order valence-corrected chi connectivity index (χ1v) is 8.04. The molecule has 0 unspecified atom stereocenters. The molecule has 0 aliphatic heterocycles.